The third-order valence-corrected chi connectivity index (χ3v) is 6.00. The van der Waals surface area contributed by atoms with Crippen molar-refractivity contribution in [3.8, 4) is 0 Å². The molecule has 0 saturated carbocycles. The monoisotopic (exact) mass is 480 g/mol. The van der Waals surface area contributed by atoms with Gasteiger partial charge in [-0.2, -0.15) is 15.8 Å². The highest BCUT2D eigenvalue weighted by molar-refractivity contribution is 6.10. The minimum Gasteiger partial charge on any atom is -0.348 e. The molecule has 0 aliphatic carbocycles. The lowest BCUT2D eigenvalue weighted by Crippen LogP contribution is -2.49. The number of fused-ring (bicyclic) bond motifs is 1. The SMILES string of the molecule is CC(Nc1nccc([N+]2(N)C=Nc3ccc(C(=O)c4ccccc4)cc32)n1)c1cccc([N+](=O)[O-])c1. The van der Waals surface area contributed by atoms with Crippen molar-refractivity contribution in [2.24, 2.45) is 10.8 Å². The van der Waals surface area contributed by atoms with Gasteiger partial charge in [0, 0.05) is 41.6 Å². The summed E-state index contributed by atoms with van der Waals surface area (Å²) in [5.74, 6) is 7.36. The molecular weight excluding hydrogens is 458 g/mol. The maximum absolute atomic E-state index is 13.0. The number of ketones is 1. The van der Waals surface area contributed by atoms with E-state index in [1.807, 2.05) is 25.1 Å². The van der Waals surface area contributed by atoms with Gasteiger partial charge in [-0.1, -0.05) is 42.5 Å². The number of nitro groups is 1. The van der Waals surface area contributed by atoms with E-state index in [-0.39, 0.29) is 22.1 Å². The molecule has 2 unspecified atom stereocenters. The van der Waals surface area contributed by atoms with E-state index in [2.05, 4.69) is 20.3 Å². The lowest BCUT2D eigenvalue weighted by molar-refractivity contribution is -0.384. The van der Waals surface area contributed by atoms with Crippen molar-refractivity contribution in [3.05, 3.63) is 112 Å². The Bertz CT molecular complexity index is 1510. The largest absolute Gasteiger partial charge is 0.348 e. The number of non-ortho nitro benzene ring substituents is 1. The number of hydrogen-bond acceptors (Lipinski definition) is 8. The summed E-state index contributed by atoms with van der Waals surface area (Å²) in [6, 6.07) is 22.0. The second-order valence-electron chi connectivity index (χ2n) is 8.38. The van der Waals surface area contributed by atoms with Crippen LogP contribution in [-0.2, 0) is 0 Å². The molecule has 2 atom stereocenters. The molecule has 0 saturated heterocycles. The Kier molecular flexibility index (Phi) is 5.80. The second kappa shape index (κ2) is 9.10. The topological polar surface area (TPSA) is 136 Å². The molecule has 2 heterocycles. The van der Waals surface area contributed by atoms with Crippen molar-refractivity contribution in [3.63, 3.8) is 0 Å². The number of anilines is 1. The summed E-state index contributed by atoms with van der Waals surface area (Å²) in [6.45, 7) is 1.86. The molecule has 10 heteroatoms. The molecule has 1 aliphatic rings. The maximum atomic E-state index is 13.0. The average Bonchev–Trinajstić information content (AvgIpc) is 3.26. The minimum absolute atomic E-state index is 0.00743. The highest BCUT2D eigenvalue weighted by Gasteiger charge is 2.38. The standard InChI is InChI=1S/C26H22N7O3/c1-17(19-8-5-9-21(14-19)32(35)36)30-26-28-13-12-24(31-26)33(27)16-29-22-11-10-20(15-23(22)33)25(34)18-6-3-2-4-7-18/h2-17H,27H2,1H3,(H,28,30,31)/q+1. The number of nitro benzene ring substituents is 1. The van der Waals surface area contributed by atoms with Crippen LogP contribution in [0, 0.1) is 10.1 Å². The predicted octanol–water partition coefficient (Wildman–Crippen LogP) is 4.98. The molecule has 0 spiro atoms. The Balaban J connectivity index is 1.44. The molecule has 3 aromatic carbocycles. The number of aromatic nitrogens is 2. The third-order valence-electron chi connectivity index (χ3n) is 6.00. The Morgan fingerprint density at radius 3 is 2.61 bits per heavy atom. The molecule has 3 N–H and O–H groups in total. The molecule has 178 valence electrons. The zero-order valence-corrected chi connectivity index (χ0v) is 19.3. The number of nitrogens with two attached hydrogens (primary N) is 1. The van der Waals surface area contributed by atoms with E-state index in [0.717, 1.165) is 0 Å². The van der Waals surface area contributed by atoms with Crippen LogP contribution in [0.2, 0.25) is 0 Å². The average molecular weight is 481 g/mol. The van der Waals surface area contributed by atoms with Gasteiger partial charge in [0.25, 0.3) is 11.5 Å². The Labute approximate surface area is 206 Å². The number of aliphatic imine (C=N–C) groups is 1. The predicted molar refractivity (Wildman–Crippen MR) is 137 cm³/mol. The van der Waals surface area contributed by atoms with Crippen molar-refractivity contribution >= 4 is 41.0 Å². The van der Waals surface area contributed by atoms with Crippen LogP contribution in [0.15, 0.2) is 90.1 Å². The number of quaternary nitrogens is 1. The quantitative estimate of drug-likeness (QED) is 0.125. The molecule has 0 fully saturated rings. The van der Waals surface area contributed by atoms with E-state index in [4.69, 9.17) is 5.84 Å². The first-order chi connectivity index (χ1) is 17.3. The first-order valence-electron chi connectivity index (χ1n) is 11.2. The molecule has 36 heavy (non-hydrogen) atoms. The number of rotatable bonds is 7. The van der Waals surface area contributed by atoms with Gasteiger partial charge < -0.3 is 5.32 Å². The minimum atomic E-state index is -0.434. The van der Waals surface area contributed by atoms with E-state index in [1.165, 1.54) is 12.1 Å². The van der Waals surface area contributed by atoms with Crippen LogP contribution in [0.4, 0.5) is 28.8 Å². The molecule has 5 rings (SSSR count). The van der Waals surface area contributed by atoms with Crippen molar-refractivity contribution in [2.75, 3.05) is 5.32 Å². The Morgan fingerprint density at radius 1 is 1.03 bits per heavy atom. The fraction of sp³-hybridized carbons (Fsp3) is 0.0769. The molecule has 4 aromatic rings. The van der Waals surface area contributed by atoms with Crippen molar-refractivity contribution in [1.82, 2.24) is 14.6 Å². The van der Waals surface area contributed by atoms with Gasteiger partial charge in [-0.3, -0.25) is 14.9 Å². The molecule has 10 nitrogen and oxygen atoms in total. The van der Waals surface area contributed by atoms with Crippen LogP contribution in [0.3, 0.4) is 0 Å². The normalized spacial score (nSPS) is 16.8. The van der Waals surface area contributed by atoms with Crippen LogP contribution in [0.5, 0.6) is 0 Å². The first kappa shape index (κ1) is 23.0. The Hall–Kier alpha value is -4.80. The van der Waals surface area contributed by atoms with Gasteiger partial charge >= 0.3 is 0 Å². The highest BCUT2D eigenvalue weighted by atomic mass is 16.6. The molecule has 0 bridgehead atoms. The van der Waals surface area contributed by atoms with E-state index in [0.29, 0.717) is 39.8 Å². The van der Waals surface area contributed by atoms with Gasteiger partial charge in [-0.15, -0.1) is 4.59 Å². The summed E-state index contributed by atoms with van der Waals surface area (Å²) in [7, 11) is 0. The van der Waals surface area contributed by atoms with Gasteiger partial charge in [0.2, 0.25) is 12.3 Å². The van der Waals surface area contributed by atoms with Crippen LogP contribution >= 0.6 is 0 Å². The van der Waals surface area contributed by atoms with E-state index in [1.54, 1.807) is 61.1 Å². The lowest BCUT2D eigenvalue weighted by Gasteiger charge is -2.23. The van der Waals surface area contributed by atoms with Crippen molar-refractivity contribution in [2.45, 2.75) is 13.0 Å². The molecule has 1 aliphatic heterocycles. The fourth-order valence-corrected chi connectivity index (χ4v) is 4.03. The lowest BCUT2D eigenvalue weighted by atomic mass is 10.0. The van der Waals surface area contributed by atoms with Crippen molar-refractivity contribution < 1.29 is 9.72 Å². The maximum Gasteiger partial charge on any atom is 0.269 e. The van der Waals surface area contributed by atoms with E-state index < -0.39 is 4.92 Å². The number of nitrogens with zero attached hydrogens (tertiary/aromatic N) is 5. The van der Waals surface area contributed by atoms with Crippen LogP contribution in [0.1, 0.15) is 34.5 Å². The summed E-state index contributed by atoms with van der Waals surface area (Å²) < 4.78 is -0.340. The Morgan fingerprint density at radius 2 is 1.83 bits per heavy atom. The molecule has 0 radical (unpaired) electrons. The summed E-state index contributed by atoms with van der Waals surface area (Å²) in [5, 5.41) is 14.3. The van der Waals surface area contributed by atoms with Crippen LogP contribution in [0.25, 0.3) is 0 Å². The second-order valence-corrected chi connectivity index (χ2v) is 8.38. The smallest absolute Gasteiger partial charge is 0.269 e. The number of benzene rings is 3. The number of hydrogen-bond donors (Lipinski definition) is 2. The van der Waals surface area contributed by atoms with Gasteiger partial charge in [-0.05, 0) is 24.6 Å². The first-order valence-corrected chi connectivity index (χ1v) is 11.2. The highest BCUT2D eigenvalue weighted by Crippen LogP contribution is 2.41. The summed E-state index contributed by atoms with van der Waals surface area (Å²) in [5.41, 5.74) is 3.04. The van der Waals surface area contributed by atoms with Gasteiger partial charge in [0.1, 0.15) is 5.69 Å². The van der Waals surface area contributed by atoms with Crippen LogP contribution in [-0.4, -0.2) is 27.0 Å². The molecular formula is C26H22N7O3+. The van der Waals surface area contributed by atoms with E-state index >= 15 is 0 Å². The van der Waals surface area contributed by atoms with Gasteiger partial charge in [0.15, 0.2) is 11.5 Å². The zero-order valence-electron chi connectivity index (χ0n) is 19.3. The third kappa shape index (κ3) is 4.22. The fourth-order valence-electron chi connectivity index (χ4n) is 4.03. The van der Waals surface area contributed by atoms with Crippen molar-refractivity contribution in [1.29, 1.82) is 0 Å². The van der Waals surface area contributed by atoms with Gasteiger partial charge in [-0.25, -0.2) is 4.98 Å². The molecule has 0 amide bonds. The summed E-state index contributed by atoms with van der Waals surface area (Å²) in [4.78, 5) is 37.0. The number of carbonyl (C=O) groups excluding carboxylic acids is 1. The van der Waals surface area contributed by atoms with Gasteiger partial charge in [0.05, 0.1) is 11.0 Å². The summed E-state index contributed by atoms with van der Waals surface area (Å²) >= 11 is 0. The number of carbonyl (C=O) groups is 1. The molecule has 1 aromatic heterocycles. The zero-order chi connectivity index (χ0) is 25.3. The summed E-state index contributed by atoms with van der Waals surface area (Å²) in [6.07, 6.45) is 3.13. The van der Waals surface area contributed by atoms with Crippen LogP contribution < -0.4 is 15.8 Å². The van der Waals surface area contributed by atoms with E-state index in [9.17, 15) is 14.9 Å². The number of nitrogens with one attached hydrogen (secondary N) is 1.